The van der Waals surface area contributed by atoms with Gasteiger partial charge in [-0.05, 0) is 56.8 Å². The summed E-state index contributed by atoms with van der Waals surface area (Å²) < 4.78 is 0. The van der Waals surface area contributed by atoms with E-state index >= 15 is 0 Å². The van der Waals surface area contributed by atoms with Gasteiger partial charge in [-0.2, -0.15) is 0 Å². The molecule has 0 spiro atoms. The summed E-state index contributed by atoms with van der Waals surface area (Å²) in [5.74, 6) is 0.371. The normalized spacial score (nSPS) is 30.4. The van der Waals surface area contributed by atoms with Crippen molar-refractivity contribution < 1.29 is 20.1 Å². The molecule has 0 aromatic rings. The van der Waals surface area contributed by atoms with Gasteiger partial charge in [-0.1, -0.05) is 37.1 Å². The van der Waals surface area contributed by atoms with Crippen molar-refractivity contribution in [3.63, 3.8) is 0 Å². The second-order valence-corrected chi connectivity index (χ2v) is 8.45. The number of aliphatic hydroxyl groups is 2. The van der Waals surface area contributed by atoms with Gasteiger partial charge in [-0.25, -0.2) is 0 Å². The first-order valence-electron chi connectivity index (χ1n) is 10.0. The highest BCUT2D eigenvalue weighted by Gasteiger charge is 2.39. The maximum Gasteiger partial charge on any atom is 0.303 e. The van der Waals surface area contributed by atoms with Crippen molar-refractivity contribution in [2.75, 3.05) is 0 Å². The van der Waals surface area contributed by atoms with Crippen LogP contribution in [0.1, 0.15) is 64.2 Å². The van der Waals surface area contributed by atoms with E-state index < -0.39 is 18.2 Å². The zero-order valence-corrected chi connectivity index (χ0v) is 16.2. The topological polar surface area (TPSA) is 77.8 Å². The summed E-state index contributed by atoms with van der Waals surface area (Å²) in [6.45, 7) is 0. The van der Waals surface area contributed by atoms with Gasteiger partial charge in [0.15, 0.2) is 0 Å². The molecule has 0 aliphatic heterocycles. The summed E-state index contributed by atoms with van der Waals surface area (Å²) in [6.07, 6.45) is 15.6. The lowest BCUT2D eigenvalue weighted by atomic mass is 9.90. The van der Waals surface area contributed by atoms with Crippen molar-refractivity contribution in [3.05, 3.63) is 24.3 Å². The van der Waals surface area contributed by atoms with E-state index in [0.29, 0.717) is 25.7 Å². The van der Waals surface area contributed by atoms with E-state index in [4.69, 9.17) is 16.7 Å². The SMILES string of the molecule is O=C(O)CCCC(O)CC=C[C@H]1C(O)CC(Cl)[C@@H]1CC=CCCC1CC1. The highest BCUT2D eigenvalue weighted by molar-refractivity contribution is 6.21. The van der Waals surface area contributed by atoms with Gasteiger partial charge in [0.25, 0.3) is 0 Å². The number of carboxylic acid groups (broad SMARTS) is 1. The largest absolute Gasteiger partial charge is 0.481 e. The molecule has 26 heavy (non-hydrogen) atoms. The molecule has 4 nitrogen and oxygen atoms in total. The van der Waals surface area contributed by atoms with Gasteiger partial charge in [0.05, 0.1) is 12.2 Å². The standard InChI is InChI=1S/C21H33ClO4/c22-19-14-20(24)18(10-4-7-16(23)8-5-11-21(25)26)17(19)9-3-1-2-6-15-12-13-15/h1,3-4,10,15-20,23-24H,2,5-9,11-14H2,(H,25,26)/t16?,17-,18-,19?,20?/m1/s1. The van der Waals surface area contributed by atoms with Gasteiger partial charge in [-0.3, -0.25) is 4.79 Å². The number of alkyl halides is 1. The number of allylic oxidation sites excluding steroid dienone is 2. The van der Waals surface area contributed by atoms with E-state index in [1.165, 1.54) is 19.3 Å². The van der Waals surface area contributed by atoms with E-state index in [1.54, 1.807) is 0 Å². The molecule has 2 rings (SSSR count). The summed E-state index contributed by atoms with van der Waals surface area (Å²) in [4.78, 5) is 10.5. The molecular weight excluding hydrogens is 352 g/mol. The number of carbonyl (C=O) groups is 1. The van der Waals surface area contributed by atoms with Crippen LogP contribution in [0.25, 0.3) is 0 Å². The first kappa shape index (κ1) is 21.5. The van der Waals surface area contributed by atoms with Gasteiger partial charge in [0, 0.05) is 17.7 Å². The van der Waals surface area contributed by atoms with Crippen LogP contribution in [-0.2, 0) is 4.79 Å². The quantitative estimate of drug-likeness (QED) is 0.346. The van der Waals surface area contributed by atoms with Gasteiger partial charge < -0.3 is 15.3 Å². The molecule has 5 atom stereocenters. The highest BCUT2D eigenvalue weighted by Crippen LogP contribution is 2.39. The Balaban J connectivity index is 1.73. The first-order chi connectivity index (χ1) is 12.5. The molecule has 0 aromatic carbocycles. The van der Waals surface area contributed by atoms with Crippen LogP contribution in [0.2, 0.25) is 0 Å². The highest BCUT2D eigenvalue weighted by atomic mass is 35.5. The van der Waals surface area contributed by atoms with Crippen LogP contribution < -0.4 is 0 Å². The van der Waals surface area contributed by atoms with Crippen molar-refractivity contribution in [3.8, 4) is 0 Å². The Bertz CT molecular complexity index is 486. The molecule has 148 valence electrons. The van der Waals surface area contributed by atoms with Gasteiger partial charge in [-0.15, -0.1) is 11.6 Å². The predicted octanol–water partition coefficient (Wildman–Crippen LogP) is 4.29. The van der Waals surface area contributed by atoms with Crippen LogP contribution in [0.15, 0.2) is 24.3 Å². The number of aliphatic hydroxyl groups excluding tert-OH is 2. The fourth-order valence-electron chi connectivity index (χ4n) is 3.77. The van der Waals surface area contributed by atoms with E-state index in [2.05, 4.69) is 12.2 Å². The fourth-order valence-corrected chi connectivity index (χ4v) is 4.23. The Morgan fingerprint density at radius 3 is 2.69 bits per heavy atom. The minimum absolute atomic E-state index is 0.0202. The van der Waals surface area contributed by atoms with Crippen molar-refractivity contribution in [2.45, 2.75) is 81.8 Å². The first-order valence-corrected chi connectivity index (χ1v) is 10.4. The lowest BCUT2D eigenvalue weighted by Gasteiger charge is -2.19. The van der Waals surface area contributed by atoms with Crippen molar-refractivity contribution in [2.24, 2.45) is 17.8 Å². The van der Waals surface area contributed by atoms with E-state index in [0.717, 1.165) is 18.8 Å². The third-order valence-corrected chi connectivity index (χ3v) is 6.08. The zero-order valence-electron chi connectivity index (χ0n) is 15.5. The molecular formula is C21H33ClO4. The summed E-state index contributed by atoms with van der Waals surface area (Å²) in [7, 11) is 0. The average molecular weight is 385 g/mol. The Hall–Kier alpha value is -0.840. The number of rotatable bonds is 12. The van der Waals surface area contributed by atoms with Gasteiger partial charge >= 0.3 is 5.97 Å². The Morgan fingerprint density at radius 1 is 1.23 bits per heavy atom. The van der Waals surface area contributed by atoms with Crippen molar-refractivity contribution in [1.82, 2.24) is 0 Å². The lowest BCUT2D eigenvalue weighted by molar-refractivity contribution is -0.137. The summed E-state index contributed by atoms with van der Waals surface area (Å²) in [6, 6.07) is 0. The molecule has 2 saturated carbocycles. The number of aliphatic carboxylic acids is 1. The van der Waals surface area contributed by atoms with Crippen molar-refractivity contribution in [1.29, 1.82) is 0 Å². The maximum absolute atomic E-state index is 10.5. The molecule has 2 fully saturated rings. The second-order valence-electron chi connectivity index (χ2n) is 7.89. The average Bonchev–Trinajstić information content (AvgIpc) is 3.35. The van der Waals surface area contributed by atoms with E-state index in [1.807, 2.05) is 12.2 Å². The van der Waals surface area contributed by atoms with Crippen LogP contribution >= 0.6 is 11.6 Å². The van der Waals surface area contributed by atoms with Crippen molar-refractivity contribution >= 4 is 17.6 Å². The molecule has 0 aromatic heterocycles. The molecule has 0 heterocycles. The predicted molar refractivity (Wildman–Crippen MR) is 104 cm³/mol. The van der Waals surface area contributed by atoms with Gasteiger partial charge in [0.2, 0.25) is 0 Å². The maximum atomic E-state index is 10.5. The summed E-state index contributed by atoms with van der Waals surface area (Å²) in [5.41, 5.74) is 0. The number of carboxylic acids is 1. The Kier molecular flexibility index (Phi) is 9.17. The molecule has 0 radical (unpaired) electrons. The minimum atomic E-state index is -0.831. The lowest BCUT2D eigenvalue weighted by Crippen LogP contribution is -2.18. The molecule has 0 bridgehead atoms. The van der Waals surface area contributed by atoms with Crippen LogP contribution in [-0.4, -0.2) is 38.9 Å². The summed E-state index contributed by atoms with van der Waals surface area (Å²) in [5, 5.41) is 28.8. The molecule has 2 aliphatic carbocycles. The van der Waals surface area contributed by atoms with E-state index in [-0.39, 0.29) is 23.6 Å². The van der Waals surface area contributed by atoms with Gasteiger partial charge in [0.1, 0.15) is 0 Å². The molecule has 0 saturated heterocycles. The Labute approximate surface area is 161 Å². The molecule has 0 amide bonds. The van der Waals surface area contributed by atoms with Crippen LogP contribution in [0.3, 0.4) is 0 Å². The van der Waals surface area contributed by atoms with Crippen LogP contribution in [0.5, 0.6) is 0 Å². The number of hydrogen-bond donors (Lipinski definition) is 3. The third-order valence-electron chi connectivity index (χ3n) is 5.58. The molecule has 3 unspecified atom stereocenters. The monoisotopic (exact) mass is 384 g/mol. The zero-order chi connectivity index (χ0) is 18.9. The minimum Gasteiger partial charge on any atom is -0.481 e. The number of halogens is 1. The fraction of sp³-hybridized carbons (Fsp3) is 0.762. The molecule has 3 N–H and O–H groups in total. The van der Waals surface area contributed by atoms with Crippen LogP contribution in [0.4, 0.5) is 0 Å². The molecule has 2 aliphatic rings. The van der Waals surface area contributed by atoms with E-state index in [9.17, 15) is 15.0 Å². The number of hydrogen-bond acceptors (Lipinski definition) is 3. The molecule has 5 heteroatoms. The Morgan fingerprint density at radius 2 is 2.00 bits per heavy atom. The summed E-state index contributed by atoms with van der Waals surface area (Å²) >= 11 is 6.45. The third kappa shape index (κ3) is 7.81. The van der Waals surface area contributed by atoms with Crippen LogP contribution in [0, 0.1) is 17.8 Å². The smallest absolute Gasteiger partial charge is 0.303 e. The second kappa shape index (κ2) is 11.1.